The topological polar surface area (TPSA) is 139 Å². The highest BCUT2D eigenvalue weighted by Crippen LogP contribution is 2.44. The Morgan fingerprint density at radius 2 is 1.85 bits per heavy atom. The second kappa shape index (κ2) is 6.12. The predicted molar refractivity (Wildman–Crippen MR) is 89.3 cm³/mol. The summed E-state index contributed by atoms with van der Waals surface area (Å²) in [6, 6.07) is 8.92. The number of benzene rings is 1. The van der Waals surface area contributed by atoms with Crippen LogP contribution in [0.25, 0.3) is 11.3 Å². The molecular formula is C17H18N4O6. The SMILES string of the molecule is CC1(C)O[C@@H]2[C@H](O1)[C@@H](C(=O)O)O[C@H]2n1nnc(C(N)=O)c1-c1ccccc1. The number of hydrogen-bond donors (Lipinski definition) is 2. The lowest BCUT2D eigenvalue weighted by Crippen LogP contribution is -2.35. The van der Waals surface area contributed by atoms with Crippen LogP contribution in [0.2, 0.25) is 0 Å². The molecule has 2 fully saturated rings. The van der Waals surface area contributed by atoms with Crippen molar-refractivity contribution in [2.45, 2.75) is 44.2 Å². The quantitative estimate of drug-likeness (QED) is 0.791. The lowest BCUT2D eigenvalue weighted by Gasteiger charge is -2.23. The minimum Gasteiger partial charge on any atom is -0.479 e. The minimum absolute atomic E-state index is 0.0432. The number of fused-ring (bicyclic) bond motifs is 1. The van der Waals surface area contributed by atoms with Crippen LogP contribution in [0.5, 0.6) is 0 Å². The first kappa shape index (κ1) is 17.6. The number of rotatable bonds is 4. The number of carboxylic acid groups (broad SMARTS) is 1. The largest absolute Gasteiger partial charge is 0.479 e. The van der Waals surface area contributed by atoms with E-state index in [0.29, 0.717) is 11.3 Å². The zero-order valence-electron chi connectivity index (χ0n) is 14.6. The second-order valence-electron chi connectivity index (χ2n) is 6.81. The fourth-order valence-electron chi connectivity index (χ4n) is 3.48. The molecule has 2 aromatic rings. The number of carboxylic acids is 1. The molecule has 3 heterocycles. The average Bonchev–Trinajstić information content (AvgIpc) is 3.25. The van der Waals surface area contributed by atoms with Gasteiger partial charge in [0.1, 0.15) is 17.9 Å². The summed E-state index contributed by atoms with van der Waals surface area (Å²) in [6.07, 6.45) is -3.77. The molecule has 2 aliphatic heterocycles. The van der Waals surface area contributed by atoms with Gasteiger partial charge in [0.05, 0.1) is 0 Å². The molecule has 2 aliphatic rings. The van der Waals surface area contributed by atoms with Gasteiger partial charge in [-0.15, -0.1) is 5.10 Å². The van der Waals surface area contributed by atoms with Gasteiger partial charge >= 0.3 is 5.97 Å². The van der Waals surface area contributed by atoms with E-state index in [4.69, 9.17) is 19.9 Å². The van der Waals surface area contributed by atoms with Crippen LogP contribution in [-0.4, -0.2) is 56.1 Å². The number of primary amides is 1. The van der Waals surface area contributed by atoms with E-state index in [0.717, 1.165) is 0 Å². The maximum atomic E-state index is 11.8. The molecule has 4 atom stereocenters. The molecule has 10 heteroatoms. The number of nitrogens with two attached hydrogens (primary N) is 1. The van der Waals surface area contributed by atoms with Gasteiger partial charge in [-0.05, 0) is 13.8 Å². The van der Waals surface area contributed by atoms with Crippen molar-refractivity contribution in [2.75, 3.05) is 0 Å². The van der Waals surface area contributed by atoms with Gasteiger partial charge in [-0.1, -0.05) is 35.5 Å². The van der Waals surface area contributed by atoms with Crippen molar-refractivity contribution in [3.05, 3.63) is 36.0 Å². The standard InChI is InChI=1S/C17H18N4O6/c1-17(2)26-11-12(27-17)15(25-13(11)16(23)24)21-10(8-6-4-3-5-7-8)9(14(18)22)19-20-21/h3-7,11-13,15H,1-2H3,(H2,18,22)(H,23,24)/t11-,12+,13-,15+/m0/s1. The van der Waals surface area contributed by atoms with Crippen LogP contribution >= 0.6 is 0 Å². The van der Waals surface area contributed by atoms with E-state index in [1.807, 2.05) is 6.07 Å². The normalized spacial score (nSPS) is 28.8. The maximum Gasteiger partial charge on any atom is 0.335 e. The number of ether oxygens (including phenoxy) is 3. The van der Waals surface area contributed by atoms with Crippen LogP contribution < -0.4 is 5.73 Å². The summed E-state index contributed by atoms with van der Waals surface area (Å²) < 4.78 is 18.6. The van der Waals surface area contributed by atoms with Crippen LogP contribution in [0, 0.1) is 0 Å². The van der Waals surface area contributed by atoms with Crippen LogP contribution in [-0.2, 0) is 19.0 Å². The van der Waals surface area contributed by atoms with E-state index < -0.39 is 42.2 Å². The molecule has 0 spiro atoms. The Balaban J connectivity index is 1.82. The number of nitrogens with zero attached hydrogens (tertiary/aromatic N) is 3. The van der Waals surface area contributed by atoms with Crippen molar-refractivity contribution < 1.29 is 28.9 Å². The summed E-state index contributed by atoms with van der Waals surface area (Å²) in [5, 5.41) is 17.4. The third-order valence-electron chi connectivity index (χ3n) is 4.49. The van der Waals surface area contributed by atoms with E-state index in [2.05, 4.69) is 10.3 Å². The Bertz CT molecular complexity index is 896. The summed E-state index contributed by atoms with van der Waals surface area (Å²) in [5.41, 5.74) is 6.36. The third-order valence-corrected chi connectivity index (χ3v) is 4.49. The Hall–Kier alpha value is -2.82. The number of carbonyl (C=O) groups is 2. The molecular weight excluding hydrogens is 356 g/mol. The number of aromatic nitrogens is 3. The van der Waals surface area contributed by atoms with Gasteiger partial charge in [0, 0.05) is 5.56 Å². The summed E-state index contributed by atoms with van der Waals surface area (Å²) in [7, 11) is 0. The molecule has 3 N–H and O–H groups in total. The van der Waals surface area contributed by atoms with Crippen molar-refractivity contribution in [3.63, 3.8) is 0 Å². The number of hydrogen-bond acceptors (Lipinski definition) is 7. The Morgan fingerprint density at radius 3 is 2.48 bits per heavy atom. The lowest BCUT2D eigenvalue weighted by atomic mass is 10.1. The average molecular weight is 374 g/mol. The van der Waals surface area contributed by atoms with Gasteiger partial charge in [-0.3, -0.25) is 4.79 Å². The third kappa shape index (κ3) is 2.87. The molecule has 1 aromatic carbocycles. The van der Waals surface area contributed by atoms with E-state index >= 15 is 0 Å². The molecule has 2 saturated heterocycles. The molecule has 1 amide bonds. The van der Waals surface area contributed by atoms with Crippen molar-refractivity contribution in [2.24, 2.45) is 5.73 Å². The van der Waals surface area contributed by atoms with Crippen LogP contribution in [0.15, 0.2) is 30.3 Å². The van der Waals surface area contributed by atoms with Crippen molar-refractivity contribution in [1.82, 2.24) is 15.0 Å². The zero-order valence-corrected chi connectivity index (χ0v) is 14.6. The van der Waals surface area contributed by atoms with Crippen molar-refractivity contribution in [1.29, 1.82) is 0 Å². The molecule has 0 saturated carbocycles. The second-order valence-corrected chi connectivity index (χ2v) is 6.81. The fourth-order valence-corrected chi connectivity index (χ4v) is 3.48. The zero-order chi connectivity index (χ0) is 19.3. The lowest BCUT2D eigenvalue weighted by molar-refractivity contribution is -0.203. The molecule has 10 nitrogen and oxygen atoms in total. The van der Waals surface area contributed by atoms with Gasteiger partial charge < -0.3 is 25.1 Å². The number of amides is 1. The fraction of sp³-hybridized carbons (Fsp3) is 0.412. The summed E-state index contributed by atoms with van der Waals surface area (Å²) in [4.78, 5) is 23.5. The van der Waals surface area contributed by atoms with E-state index in [9.17, 15) is 14.7 Å². The molecule has 0 radical (unpaired) electrons. The summed E-state index contributed by atoms with van der Waals surface area (Å²) >= 11 is 0. The highest BCUT2D eigenvalue weighted by molar-refractivity contribution is 5.96. The van der Waals surface area contributed by atoms with E-state index in [1.165, 1.54) is 4.68 Å². The van der Waals surface area contributed by atoms with Gasteiger partial charge in [-0.2, -0.15) is 0 Å². The first-order valence-corrected chi connectivity index (χ1v) is 8.33. The van der Waals surface area contributed by atoms with Crippen LogP contribution in [0.1, 0.15) is 30.6 Å². The van der Waals surface area contributed by atoms with E-state index in [1.54, 1.807) is 38.1 Å². The van der Waals surface area contributed by atoms with Gasteiger partial charge in [0.2, 0.25) is 0 Å². The first-order valence-electron chi connectivity index (χ1n) is 8.33. The minimum atomic E-state index is -1.24. The number of carbonyl (C=O) groups excluding carboxylic acids is 1. The molecule has 0 aliphatic carbocycles. The van der Waals surface area contributed by atoms with E-state index in [-0.39, 0.29) is 5.69 Å². The monoisotopic (exact) mass is 374 g/mol. The molecule has 27 heavy (non-hydrogen) atoms. The maximum absolute atomic E-state index is 11.8. The Labute approximate surface area is 153 Å². The Kier molecular flexibility index (Phi) is 3.98. The smallest absolute Gasteiger partial charge is 0.335 e. The molecule has 0 bridgehead atoms. The van der Waals surface area contributed by atoms with Crippen molar-refractivity contribution in [3.8, 4) is 11.3 Å². The molecule has 4 rings (SSSR count). The Morgan fingerprint density at radius 1 is 1.19 bits per heavy atom. The molecule has 1 aromatic heterocycles. The summed E-state index contributed by atoms with van der Waals surface area (Å²) in [5.74, 6) is -2.91. The molecule has 0 unspecified atom stereocenters. The van der Waals surface area contributed by atoms with Gasteiger partial charge in [0.25, 0.3) is 5.91 Å². The van der Waals surface area contributed by atoms with Crippen LogP contribution in [0.4, 0.5) is 0 Å². The highest BCUT2D eigenvalue weighted by atomic mass is 16.8. The van der Waals surface area contributed by atoms with Gasteiger partial charge in [0.15, 0.2) is 23.8 Å². The summed E-state index contributed by atoms with van der Waals surface area (Å²) in [6.45, 7) is 3.38. The molecule has 142 valence electrons. The van der Waals surface area contributed by atoms with Crippen LogP contribution in [0.3, 0.4) is 0 Å². The predicted octanol–water partition coefficient (Wildman–Crippen LogP) is 0.546. The first-order chi connectivity index (χ1) is 12.8. The number of aliphatic carboxylic acids is 1. The highest BCUT2D eigenvalue weighted by Gasteiger charge is 2.59. The van der Waals surface area contributed by atoms with Gasteiger partial charge in [-0.25, -0.2) is 9.48 Å². The van der Waals surface area contributed by atoms with Crippen molar-refractivity contribution >= 4 is 11.9 Å².